The Morgan fingerprint density at radius 2 is 2.31 bits per heavy atom. The van der Waals surface area contributed by atoms with Crippen LogP contribution in [0.1, 0.15) is 19.0 Å². The van der Waals surface area contributed by atoms with E-state index in [0.29, 0.717) is 0 Å². The normalized spacial score (nSPS) is 17.2. The molecule has 0 saturated heterocycles. The average Bonchev–Trinajstić information content (AvgIpc) is 2.30. The highest BCUT2D eigenvalue weighted by Crippen LogP contribution is 2.10. The third kappa shape index (κ3) is 3.07. The Hall–Kier alpha value is -1.35. The summed E-state index contributed by atoms with van der Waals surface area (Å²) in [7, 11) is 0. The Labute approximate surface area is 97.0 Å². The third-order valence-electron chi connectivity index (χ3n) is 3.05. The fraction of sp³-hybridized carbons (Fsp3) is 0.462. The number of rotatable bonds is 3. The standard InChI is InChI=1S/C13H19N3/c1-11-4-7-16(8-5-11)9-6-13-3-2-12(14)10-15-13/h2-4,10H,5-9,14H2,1H3. The van der Waals surface area contributed by atoms with Crippen molar-refractivity contribution in [2.75, 3.05) is 25.4 Å². The Bertz CT molecular complexity index is 367. The Kier molecular flexibility index (Phi) is 3.57. The van der Waals surface area contributed by atoms with E-state index in [0.717, 1.165) is 30.9 Å². The van der Waals surface area contributed by atoms with Crippen LogP contribution in [0.5, 0.6) is 0 Å². The van der Waals surface area contributed by atoms with E-state index in [-0.39, 0.29) is 0 Å². The second-order valence-electron chi connectivity index (χ2n) is 4.43. The van der Waals surface area contributed by atoms with Gasteiger partial charge in [0.2, 0.25) is 0 Å². The topological polar surface area (TPSA) is 42.1 Å². The molecule has 16 heavy (non-hydrogen) atoms. The summed E-state index contributed by atoms with van der Waals surface area (Å²) in [6, 6.07) is 3.93. The molecule has 2 heterocycles. The molecular formula is C13H19N3. The first-order valence-electron chi connectivity index (χ1n) is 5.82. The lowest BCUT2D eigenvalue weighted by Crippen LogP contribution is -2.30. The van der Waals surface area contributed by atoms with E-state index in [1.54, 1.807) is 6.20 Å². The lowest BCUT2D eigenvalue weighted by atomic mass is 10.1. The van der Waals surface area contributed by atoms with E-state index in [1.807, 2.05) is 12.1 Å². The number of hydrogen-bond donors (Lipinski definition) is 1. The van der Waals surface area contributed by atoms with E-state index in [2.05, 4.69) is 22.9 Å². The summed E-state index contributed by atoms with van der Waals surface area (Å²) < 4.78 is 0. The van der Waals surface area contributed by atoms with Gasteiger partial charge in [0, 0.05) is 31.7 Å². The average molecular weight is 217 g/mol. The summed E-state index contributed by atoms with van der Waals surface area (Å²) in [6.07, 6.45) is 6.26. The van der Waals surface area contributed by atoms with E-state index in [1.165, 1.54) is 18.5 Å². The minimum Gasteiger partial charge on any atom is -0.397 e. The Morgan fingerprint density at radius 3 is 2.94 bits per heavy atom. The minimum atomic E-state index is 0.736. The van der Waals surface area contributed by atoms with Gasteiger partial charge in [-0.25, -0.2) is 0 Å². The maximum atomic E-state index is 5.60. The molecule has 0 spiro atoms. The monoisotopic (exact) mass is 217 g/mol. The van der Waals surface area contributed by atoms with Crippen LogP contribution in [0.3, 0.4) is 0 Å². The summed E-state index contributed by atoms with van der Waals surface area (Å²) >= 11 is 0. The summed E-state index contributed by atoms with van der Waals surface area (Å²) in [6.45, 7) is 5.55. The van der Waals surface area contributed by atoms with Gasteiger partial charge in [0.15, 0.2) is 0 Å². The molecule has 0 unspecified atom stereocenters. The largest absolute Gasteiger partial charge is 0.397 e. The fourth-order valence-corrected chi connectivity index (χ4v) is 1.87. The zero-order valence-electron chi connectivity index (χ0n) is 9.82. The van der Waals surface area contributed by atoms with Gasteiger partial charge in [-0.2, -0.15) is 0 Å². The molecular weight excluding hydrogens is 198 g/mol. The van der Waals surface area contributed by atoms with Gasteiger partial charge < -0.3 is 5.73 Å². The second-order valence-corrected chi connectivity index (χ2v) is 4.43. The van der Waals surface area contributed by atoms with E-state index < -0.39 is 0 Å². The predicted octanol–water partition coefficient (Wildman–Crippen LogP) is 1.86. The van der Waals surface area contributed by atoms with Crippen molar-refractivity contribution in [3.05, 3.63) is 35.7 Å². The predicted molar refractivity (Wildman–Crippen MR) is 67.2 cm³/mol. The van der Waals surface area contributed by atoms with Crippen LogP contribution in [0, 0.1) is 0 Å². The summed E-state index contributed by atoms with van der Waals surface area (Å²) in [5, 5.41) is 0. The van der Waals surface area contributed by atoms with Crippen LogP contribution in [0.25, 0.3) is 0 Å². The van der Waals surface area contributed by atoms with Crippen LogP contribution in [-0.4, -0.2) is 29.5 Å². The van der Waals surface area contributed by atoms with Gasteiger partial charge in [0.1, 0.15) is 0 Å². The van der Waals surface area contributed by atoms with Gasteiger partial charge in [0.05, 0.1) is 11.9 Å². The molecule has 2 N–H and O–H groups in total. The number of pyridine rings is 1. The molecule has 0 saturated carbocycles. The van der Waals surface area contributed by atoms with Crippen molar-refractivity contribution in [2.24, 2.45) is 0 Å². The van der Waals surface area contributed by atoms with Gasteiger partial charge in [-0.15, -0.1) is 0 Å². The van der Waals surface area contributed by atoms with Gasteiger partial charge in [-0.1, -0.05) is 11.6 Å². The summed E-state index contributed by atoms with van der Waals surface area (Å²) in [5.74, 6) is 0. The number of anilines is 1. The third-order valence-corrected chi connectivity index (χ3v) is 3.05. The maximum Gasteiger partial charge on any atom is 0.0501 e. The maximum absolute atomic E-state index is 5.60. The Balaban J connectivity index is 1.81. The number of nitrogen functional groups attached to an aromatic ring is 1. The van der Waals surface area contributed by atoms with Crippen molar-refractivity contribution in [3.8, 4) is 0 Å². The number of aromatic nitrogens is 1. The van der Waals surface area contributed by atoms with Crippen LogP contribution in [0.15, 0.2) is 30.0 Å². The van der Waals surface area contributed by atoms with Crippen LogP contribution in [0.2, 0.25) is 0 Å². The van der Waals surface area contributed by atoms with Crippen molar-refractivity contribution in [1.29, 1.82) is 0 Å². The summed E-state index contributed by atoms with van der Waals surface area (Å²) in [5.41, 5.74) is 8.98. The van der Waals surface area contributed by atoms with Gasteiger partial charge >= 0.3 is 0 Å². The van der Waals surface area contributed by atoms with Crippen LogP contribution >= 0.6 is 0 Å². The molecule has 0 bridgehead atoms. The molecule has 1 aromatic heterocycles. The van der Waals surface area contributed by atoms with Crippen molar-refractivity contribution in [3.63, 3.8) is 0 Å². The zero-order valence-corrected chi connectivity index (χ0v) is 9.82. The minimum absolute atomic E-state index is 0.736. The number of hydrogen-bond acceptors (Lipinski definition) is 3. The van der Waals surface area contributed by atoms with Crippen molar-refractivity contribution >= 4 is 5.69 Å². The molecule has 0 atom stereocenters. The molecule has 86 valence electrons. The van der Waals surface area contributed by atoms with Crippen LogP contribution in [0.4, 0.5) is 5.69 Å². The molecule has 0 aromatic carbocycles. The van der Waals surface area contributed by atoms with E-state index in [4.69, 9.17) is 5.73 Å². The first-order valence-corrected chi connectivity index (χ1v) is 5.82. The fourth-order valence-electron chi connectivity index (χ4n) is 1.87. The highest BCUT2D eigenvalue weighted by Gasteiger charge is 2.08. The first-order chi connectivity index (χ1) is 7.74. The summed E-state index contributed by atoms with van der Waals surface area (Å²) in [4.78, 5) is 6.77. The molecule has 2 rings (SSSR count). The van der Waals surface area contributed by atoms with Crippen molar-refractivity contribution in [2.45, 2.75) is 19.8 Å². The van der Waals surface area contributed by atoms with E-state index in [9.17, 15) is 0 Å². The molecule has 1 aromatic rings. The molecule has 0 aliphatic carbocycles. The Morgan fingerprint density at radius 1 is 1.44 bits per heavy atom. The van der Waals surface area contributed by atoms with Crippen molar-refractivity contribution < 1.29 is 0 Å². The van der Waals surface area contributed by atoms with Gasteiger partial charge in [-0.05, 0) is 25.5 Å². The second kappa shape index (κ2) is 5.12. The quantitative estimate of drug-likeness (QED) is 0.786. The van der Waals surface area contributed by atoms with E-state index >= 15 is 0 Å². The van der Waals surface area contributed by atoms with Crippen molar-refractivity contribution in [1.82, 2.24) is 9.88 Å². The molecule has 1 aliphatic rings. The molecule has 3 nitrogen and oxygen atoms in total. The molecule has 1 aliphatic heterocycles. The van der Waals surface area contributed by atoms with Gasteiger partial charge in [-0.3, -0.25) is 9.88 Å². The highest BCUT2D eigenvalue weighted by molar-refractivity contribution is 5.34. The smallest absolute Gasteiger partial charge is 0.0501 e. The van der Waals surface area contributed by atoms with Crippen LogP contribution < -0.4 is 5.73 Å². The molecule has 0 radical (unpaired) electrons. The van der Waals surface area contributed by atoms with Crippen LogP contribution in [-0.2, 0) is 6.42 Å². The molecule has 3 heteroatoms. The lowest BCUT2D eigenvalue weighted by molar-refractivity contribution is 0.297. The molecule has 0 amide bonds. The zero-order chi connectivity index (χ0) is 11.4. The molecule has 0 fully saturated rings. The number of nitrogens with two attached hydrogens (primary N) is 1. The van der Waals surface area contributed by atoms with Gasteiger partial charge in [0.25, 0.3) is 0 Å². The number of nitrogens with zero attached hydrogens (tertiary/aromatic N) is 2. The lowest BCUT2D eigenvalue weighted by Gasteiger charge is -2.24. The SMILES string of the molecule is CC1=CCN(CCc2ccc(N)cn2)CC1. The first kappa shape index (κ1) is 11.1. The highest BCUT2D eigenvalue weighted by atomic mass is 15.1.